The van der Waals surface area contributed by atoms with E-state index in [-0.39, 0.29) is 35.0 Å². The molecule has 0 aliphatic heterocycles. The molecule has 0 N–H and O–H groups in total. The number of hydrogen-bond donors (Lipinski definition) is 0. The number of fused-ring (bicyclic) bond motifs is 5. The number of carbonyl (C=O) groups excluding carboxylic acids is 2. The van der Waals surface area contributed by atoms with Gasteiger partial charge in [-0.1, -0.05) is 82.7 Å². The lowest BCUT2D eigenvalue weighted by atomic mass is 9.47. The maximum Gasteiger partial charge on any atom is 0.338 e. The second-order valence-corrected chi connectivity index (χ2v) is 15.8. The molecule has 45 heavy (non-hydrogen) atoms. The smallest absolute Gasteiger partial charge is 0.338 e. The Morgan fingerprint density at radius 1 is 0.800 bits per heavy atom. The molecule has 1 unspecified atom stereocenters. The largest absolute Gasteiger partial charge is 0.458 e. The van der Waals surface area contributed by atoms with Crippen LogP contribution in [0.15, 0.2) is 72.3 Å². The van der Waals surface area contributed by atoms with Gasteiger partial charge >= 0.3 is 11.9 Å². The van der Waals surface area contributed by atoms with Crippen LogP contribution < -0.4 is 0 Å². The maximum absolute atomic E-state index is 13.2. The minimum absolute atomic E-state index is 0.0273. The molecule has 0 amide bonds. The van der Waals surface area contributed by atoms with Crippen LogP contribution >= 0.6 is 0 Å². The van der Waals surface area contributed by atoms with Crippen molar-refractivity contribution in [3.05, 3.63) is 83.4 Å². The molecule has 3 saturated carbocycles. The fourth-order valence-electron chi connectivity index (χ4n) is 10.4. The lowest BCUT2D eigenvalue weighted by Gasteiger charge is -2.58. The fourth-order valence-corrected chi connectivity index (χ4v) is 10.4. The van der Waals surface area contributed by atoms with Crippen LogP contribution in [0.3, 0.4) is 0 Å². The van der Waals surface area contributed by atoms with Crippen molar-refractivity contribution < 1.29 is 19.1 Å². The molecule has 4 aliphatic carbocycles. The molecule has 242 valence electrons. The van der Waals surface area contributed by atoms with Gasteiger partial charge in [-0.15, -0.1) is 0 Å². The summed E-state index contributed by atoms with van der Waals surface area (Å²) in [6.07, 6.45) is 13.6. The van der Waals surface area contributed by atoms with Crippen molar-refractivity contribution in [1.82, 2.24) is 0 Å². The quantitative estimate of drug-likeness (QED) is 0.209. The van der Waals surface area contributed by atoms with Crippen molar-refractivity contribution in [3.63, 3.8) is 0 Å². The fraction of sp³-hybridized carbons (Fsp3) is 0.610. The highest BCUT2D eigenvalue weighted by molar-refractivity contribution is 5.89. The van der Waals surface area contributed by atoms with Gasteiger partial charge in [0.2, 0.25) is 0 Å². The van der Waals surface area contributed by atoms with Crippen molar-refractivity contribution in [2.45, 2.75) is 111 Å². The van der Waals surface area contributed by atoms with Gasteiger partial charge in [0, 0.05) is 6.42 Å². The van der Waals surface area contributed by atoms with Crippen LogP contribution in [0.5, 0.6) is 0 Å². The SMILES string of the molecule is CC(C)CCC(OC(=O)c1ccccc1)[C@@H](C)[C@H]1CC[C@H]2[C@@H]3CC=C4C[C@@H](OC(=O)c5ccccc5)CC[C@]4(C)[C@H]3CC[C@]12C. The Labute approximate surface area is 271 Å². The molecule has 0 spiro atoms. The topological polar surface area (TPSA) is 52.6 Å². The molecule has 6 rings (SSSR count). The summed E-state index contributed by atoms with van der Waals surface area (Å²) in [6.45, 7) is 12.0. The van der Waals surface area contributed by atoms with E-state index in [1.165, 1.54) is 31.3 Å². The molecular weight excluding hydrogens is 556 g/mol. The van der Waals surface area contributed by atoms with Crippen molar-refractivity contribution in [2.75, 3.05) is 0 Å². The lowest BCUT2D eigenvalue weighted by Crippen LogP contribution is -2.51. The van der Waals surface area contributed by atoms with Crippen LogP contribution in [-0.2, 0) is 9.47 Å². The summed E-state index contributed by atoms with van der Waals surface area (Å²) in [5, 5.41) is 0. The van der Waals surface area contributed by atoms with Crippen LogP contribution in [0.25, 0.3) is 0 Å². The second kappa shape index (κ2) is 13.1. The predicted octanol–water partition coefficient (Wildman–Crippen LogP) is 10.1. The normalized spacial score (nSPS) is 33.6. The number of benzene rings is 2. The summed E-state index contributed by atoms with van der Waals surface area (Å²) < 4.78 is 12.4. The minimum atomic E-state index is -0.195. The van der Waals surface area contributed by atoms with Crippen molar-refractivity contribution in [3.8, 4) is 0 Å². The first-order valence-corrected chi connectivity index (χ1v) is 17.8. The van der Waals surface area contributed by atoms with Gasteiger partial charge < -0.3 is 9.47 Å². The zero-order chi connectivity index (χ0) is 31.8. The van der Waals surface area contributed by atoms with E-state index in [0.29, 0.717) is 46.6 Å². The lowest BCUT2D eigenvalue weighted by molar-refractivity contribution is -0.0722. The number of esters is 2. The van der Waals surface area contributed by atoms with E-state index in [0.717, 1.165) is 38.5 Å². The average Bonchev–Trinajstić information content (AvgIpc) is 3.40. The Kier molecular flexibility index (Phi) is 9.33. The summed E-state index contributed by atoms with van der Waals surface area (Å²) >= 11 is 0. The Morgan fingerprint density at radius 2 is 1.47 bits per heavy atom. The Balaban J connectivity index is 1.15. The van der Waals surface area contributed by atoms with Crippen molar-refractivity contribution >= 4 is 11.9 Å². The van der Waals surface area contributed by atoms with E-state index < -0.39 is 0 Å². The van der Waals surface area contributed by atoms with E-state index in [9.17, 15) is 9.59 Å². The Bertz CT molecular complexity index is 1360. The molecule has 0 saturated heterocycles. The maximum atomic E-state index is 13.2. The highest BCUT2D eigenvalue weighted by Gasteiger charge is 2.60. The number of allylic oxidation sites excluding steroid dienone is 1. The number of carbonyl (C=O) groups is 2. The standard InChI is InChI=1S/C41H54O4/c1-27(2)16-21-37(45-39(43)30-14-10-7-11-15-30)28(3)34-19-20-35-33-18-17-31-26-32(44-38(42)29-12-8-6-9-13-29)22-24-40(31,4)36(33)23-25-41(34,35)5/h6-15,17,27-28,32-37H,16,18-26H2,1-5H3/t28-,32-,33-,34+,35-,36-,37?,40-,41+/m0/s1. The highest BCUT2D eigenvalue weighted by atomic mass is 16.5. The Morgan fingerprint density at radius 3 is 2.13 bits per heavy atom. The first-order chi connectivity index (χ1) is 21.6. The molecule has 2 aromatic rings. The summed E-state index contributed by atoms with van der Waals surface area (Å²) in [5.74, 6) is 3.23. The molecule has 4 nitrogen and oxygen atoms in total. The van der Waals surface area contributed by atoms with Crippen molar-refractivity contribution in [2.24, 2.45) is 46.3 Å². The van der Waals surface area contributed by atoms with E-state index >= 15 is 0 Å². The summed E-state index contributed by atoms with van der Waals surface area (Å²) in [6, 6.07) is 18.9. The third kappa shape index (κ3) is 6.28. The average molecular weight is 611 g/mol. The number of rotatable bonds is 9. The molecule has 0 heterocycles. The van der Waals surface area contributed by atoms with E-state index in [2.05, 4.69) is 40.7 Å². The van der Waals surface area contributed by atoms with Crippen LogP contribution in [0.4, 0.5) is 0 Å². The molecule has 4 aliphatic rings. The van der Waals surface area contributed by atoms with Gasteiger partial charge in [-0.25, -0.2) is 9.59 Å². The van der Waals surface area contributed by atoms with E-state index in [1.54, 1.807) is 0 Å². The van der Waals surface area contributed by atoms with Crippen LogP contribution in [0.1, 0.15) is 120 Å². The van der Waals surface area contributed by atoms with Crippen LogP contribution in [0.2, 0.25) is 0 Å². The summed E-state index contributed by atoms with van der Waals surface area (Å²) in [5.41, 5.74) is 3.31. The van der Waals surface area contributed by atoms with E-state index in [1.807, 2.05) is 60.7 Å². The number of ether oxygens (including phenoxy) is 2. The molecule has 2 aromatic carbocycles. The van der Waals surface area contributed by atoms with Gasteiger partial charge in [0.25, 0.3) is 0 Å². The van der Waals surface area contributed by atoms with Crippen LogP contribution in [-0.4, -0.2) is 24.1 Å². The number of hydrogen-bond acceptors (Lipinski definition) is 4. The molecule has 3 fully saturated rings. The van der Waals surface area contributed by atoms with E-state index in [4.69, 9.17) is 9.47 Å². The predicted molar refractivity (Wildman–Crippen MR) is 180 cm³/mol. The molecule has 4 heteroatoms. The molecule has 0 radical (unpaired) electrons. The summed E-state index contributed by atoms with van der Waals surface area (Å²) in [7, 11) is 0. The van der Waals surface area contributed by atoms with Crippen molar-refractivity contribution in [1.29, 1.82) is 0 Å². The molecule has 9 atom stereocenters. The van der Waals surface area contributed by atoms with Gasteiger partial charge in [-0.3, -0.25) is 0 Å². The van der Waals surface area contributed by atoms with Gasteiger partial charge in [0.15, 0.2) is 0 Å². The third-order valence-corrected chi connectivity index (χ3v) is 12.9. The van der Waals surface area contributed by atoms with Crippen LogP contribution in [0, 0.1) is 46.3 Å². The third-order valence-electron chi connectivity index (χ3n) is 12.9. The van der Waals surface area contributed by atoms with Gasteiger partial charge in [0.05, 0.1) is 11.1 Å². The van der Waals surface area contributed by atoms with Gasteiger partial charge in [0.1, 0.15) is 12.2 Å². The second-order valence-electron chi connectivity index (χ2n) is 15.8. The summed E-state index contributed by atoms with van der Waals surface area (Å²) in [4.78, 5) is 26.0. The zero-order valence-electron chi connectivity index (χ0n) is 28.2. The molecular formula is C41H54O4. The first kappa shape index (κ1) is 32.1. The molecule has 0 bridgehead atoms. The molecule has 0 aromatic heterocycles. The zero-order valence-corrected chi connectivity index (χ0v) is 28.2. The highest BCUT2D eigenvalue weighted by Crippen LogP contribution is 2.67. The Hall–Kier alpha value is -2.88. The first-order valence-electron chi connectivity index (χ1n) is 17.8. The van der Waals surface area contributed by atoms with Gasteiger partial charge in [-0.2, -0.15) is 0 Å². The monoisotopic (exact) mass is 610 g/mol. The van der Waals surface area contributed by atoms with Gasteiger partial charge in [-0.05, 0) is 128 Å². The minimum Gasteiger partial charge on any atom is -0.458 e.